The summed E-state index contributed by atoms with van der Waals surface area (Å²) in [6, 6.07) is 17.1. The van der Waals surface area contributed by atoms with Crippen molar-refractivity contribution >= 4 is 35.1 Å². The van der Waals surface area contributed by atoms with Crippen molar-refractivity contribution in [3.05, 3.63) is 101 Å². The second-order valence-corrected chi connectivity index (χ2v) is 9.75. The largest absolute Gasteiger partial charge is 0.493 e. The third kappa shape index (κ3) is 6.31. The van der Waals surface area contributed by atoms with Crippen molar-refractivity contribution in [1.82, 2.24) is 15.0 Å². The number of anilines is 2. The Morgan fingerprint density at radius 2 is 1.82 bits per heavy atom. The maximum atomic E-state index is 15.7. The van der Waals surface area contributed by atoms with Crippen LogP contribution in [0.1, 0.15) is 33.2 Å². The zero-order valence-electron chi connectivity index (χ0n) is 24.1. The smallest absolute Gasteiger partial charge is 0.356 e. The normalized spacial score (nSPS) is 13.9. The Bertz CT molecular complexity index is 1780. The second-order valence-electron chi connectivity index (χ2n) is 9.75. The molecule has 2 heterocycles. The zero-order valence-corrected chi connectivity index (χ0v) is 24.1. The lowest BCUT2D eigenvalue weighted by molar-refractivity contribution is -0.118. The van der Waals surface area contributed by atoms with Crippen LogP contribution < -0.4 is 31.0 Å². The minimum atomic E-state index is -1.30. The Balaban J connectivity index is 1.54. The van der Waals surface area contributed by atoms with E-state index in [-0.39, 0.29) is 53.3 Å². The quantitative estimate of drug-likeness (QED) is 0.0725. The van der Waals surface area contributed by atoms with Crippen LogP contribution in [-0.4, -0.2) is 64.2 Å². The van der Waals surface area contributed by atoms with E-state index in [2.05, 4.69) is 25.9 Å². The van der Waals surface area contributed by atoms with E-state index in [4.69, 9.17) is 20.4 Å². The van der Waals surface area contributed by atoms with Gasteiger partial charge >= 0.3 is 5.97 Å². The van der Waals surface area contributed by atoms with E-state index in [0.717, 1.165) is 16.6 Å². The van der Waals surface area contributed by atoms with Gasteiger partial charge in [-0.3, -0.25) is 15.2 Å². The molecule has 3 aromatic carbocycles. The number of amides is 1. The summed E-state index contributed by atoms with van der Waals surface area (Å²) >= 11 is 0. The number of hydrogen-bond donors (Lipinski definition) is 5. The number of rotatable bonds is 11. The number of carbonyl (C=O) groups excluding carboxylic acids is 1. The maximum Gasteiger partial charge on any atom is 0.356 e. The lowest BCUT2D eigenvalue weighted by Crippen LogP contribution is -2.54. The molecule has 0 saturated carbocycles. The molecule has 15 heteroatoms. The Labute approximate surface area is 256 Å². The Morgan fingerprint density at radius 1 is 1.13 bits per heavy atom. The van der Waals surface area contributed by atoms with Gasteiger partial charge in [-0.15, -0.1) is 0 Å². The van der Waals surface area contributed by atoms with Gasteiger partial charge < -0.3 is 35.4 Å². The van der Waals surface area contributed by atoms with Crippen LogP contribution >= 0.6 is 0 Å². The van der Waals surface area contributed by atoms with Gasteiger partial charge in [0.15, 0.2) is 28.8 Å². The third-order valence-corrected chi connectivity index (χ3v) is 6.98. The van der Waals surface area contributed by atoms with Crippen molar-refractivity contribution in [3.8, 4) is 11.5 Å². The molecule has 1 aliphatic heterocycles. The van der Waals surface area contributed by atoms with E-state index in [1.165, 1.54) is 31.2 Å². The average Bonchev–Trinajstić information content (AvgIpc) is 3.47. The van der Waals surface area contributed by atoms with Gasteiger partial charge in [-0.25, -0.2) is 14.2 Å². The molecule has 0 saturated heterocycles. The van der Waals surface area contributed by atoms with Gasteiger partial charge in [0.2, 0.25) is 0 Å². The molecular weight excluding hydrogens is 587 g/mol. The first-order chi connectivity index (χ1) is 21.7. The predicted molar refractivity (Wildman–Crippen MR) is 162 cm³/mol. The highest BCUT2D eigenvalue weighted by molar-refractivity contribution is 6.07. The van der Waals surface area contributed by atoms with Crippen LogP contribution in [0.5, 0.6) is 11.5 Å². The fourth-order valence-corrected chi connectivity index (χ4v) is 4.76. The number of nitrogens with one attached hydrogen (secondary N) is 2. The summed E-state index contributed by atoms with van der Waals surface area (Å²) in [5, 5.41) is 26.3. The molecule has 232 valence electrons. The lowest BCUT2D eigenvalue weighted by atomic mass is 10.0. The molecule has 1 aromatic heterocycles. The van der Waals surface area contributed by atoms with Crippen LogP contribution in [0.3, 0.4) is 0 Å². The van der Waals surface area contributed by atoms with Gasteiger partial charge in [-0.1, -0.05) is 35.5 Å². The number of imidazole rings is 1. The summed E-state index contributed by atoms with van der Waals surface area (Å²) in [4.78, 5) is 34.2. The summed E-state index contributed by atoms with van der Waals surface area (Å²) in [5.74, 6) is -2.35. The average molecular weight is 617 g/mol. The first kappa shape index (κ1) is 30.3. The van der Waals surface area contributed by atoms with Gasteiger partial charge in [0.25, 0.3) is 5.91 Å². The summed E-state index contributed by atoms with van der Waals surface area (Å²) in [7, 11) is 2.78. The molecule has 4 aromatic rings. The highest BCUT2D eigenvalue weighted by Crippen LogP contribution is 2.35. The number of amidine groups is 2. The summed E-state index contributed by atoms with van der Waals surface area (Å²) < 4.78 is 27.7. The van der Waals surface area contributed by atoms with Crippen LogP contribution in [0.25, 0.3) is 0 Å². The van der Waals surface area contributed by atoms with Gasteiger partial charge in [0, 0.05) is 29.4 Å². The van der Waals surface area contributed by atoms with Crippen molar-refractivity contribution in [3.63, 3.8) is 0 Å². The molecule has 0 bridgehead atoms. The molecule has 0 aliphatic carbocycles. The number of aromatic nitrogens is 2. The number of benzene rings is 3. The Hall–Kier alpha value is -6.12. The summed E-state index contributed by atoms with van der Waals surface area (Å²) in [5.41, 5.74) is 10.1. The zero-order chi connectivity index (χ0) is 32.1. The fourth-order valence-electron chi connectivity index (χ4n) is 4.76. The molecule has 6 N–H and O–H groups in total. The number of methoxy groups -OCH3 is 2. The SMILES string of the molecule is COc1cc(F)c(C(Nc2ccc(/C(N)=N/O)cc2)C2=NCC(=O)N(c3ncn(Cc4ccccc4)c3C(=O)O)N2)cc1OC. The third-order valence-electron chi connectivity index (χ3n) is 6.98. The number of nitrogens with zero attached hydrogens (tertiary/aromatic N) is 5. The van der Waals surface area contributed by atoms with Crippen LogP contribution in [0.15, 0.2) is 83.2 Å². The first-order valence-corrected chi connectivity index (χ1v) is 13.5. The van der Waals surface area contributed by atoms with Crippen LogP contribution in [0, 0.1) is 5.82 Å². The number of aliphatic imine (C=N–C) groups is 1. The number of ether oxygens (including phenoxy) is 2. The molecule has 45 heavy (non-hydrogen) atoms. The number of carbonyl (C=O) groups is 2. The molecule has 0 fully saturated rings. The number of nitrogens with two attached hydrogens (primary N) is 1. The molecule has 14 nitrogen and oxygen atoms in total. The van der Waals surface area contributed by atoms with Crippen LogP contribution in [0.2, 0.25) is 0 Å². The number of hydrogen-bond acceptors (Lipinski definition) is 10. The predicted octanol–water partition coefficient (Wildman–Crippen LogP) is 2.98. The standard InChI is InChI=1S/C30H29FN8O6/c1-44-22-12-20(21(31)13-23(22)45-2)25(35-19-10-8-18(9-11-19)27(32)37-43)28-33-14-24(40)39(36-28)29-26(30(41)42)38(16-34-29)15-17-6-4-3-5-7-17/h3-13,16,25,35,43H,14-15H2,1-2H3,(H2,32,37)(H,33,36)(H,41,42). The van der Waals surface area contributed by atoms with Gasteiger partial charge in [0.1, 0.15) is 24.2 Å². The fraction of sp³-hybridized carbons (Fsp3) is 0.167. The minimum absolute atomic E-state index is 0.0711. The molecule has 1 amide bonds. The molecule has 0 radical (unpaired) electrons. The van der Waals surface area contributed by atoms with Crippen LogP contribution in [-0.2, 0) is 11.3 Å². The number of hydrazine groups is 1. The number of oxime groups is 1. The first-order valence-electron chi connectivity index (χ1n) is 13.5. The van der Waals surface area contributed by atoms with Crippen molar-refractivity contribution in [2.24, 2.45) is 15.9 Å². The van der Waals surface area contributed by atoms with Crippen molar-refractivity contribution in [2.75, 3.05) is 31.1 Å². The Morgan fingerprint density at radius 3 is 2.47 bits per heavy atom. The second kappa shape index (κ2) is 13.0. The van der Waals surface area contributed by atoms with E-state index in [0.29, 0.717) is 11.3 Å². The van der Waals surface area contributed by atoms with Gasteiger partial charge in [-0.2, -0.15) is 5.01 Å². The molecular formula is C30H29FN8O6. The van der Waals surface area contributed by atoms with Crippen molar-refractivity contribution in [2.45, 2.75) is 12.6 Å². The van der Waals surface area contributed by atoms with E-state index in [1.54, 1.807) is 24.3 Å². The highest BCUT2D eigenvalue weighted by Gasteiger charge is 2.34. The minimum Gasteiger partial charge on any atom is -0.493 e. The van der Waals surface area contributed by atoms with Crippen molar-refractivity contribution in [1.29, 1.82) is 0 Å². The van der Waals surface area contributed by atoms with E-state index >= 15 is 4.39 Å². The monoisotopic (exact) mass is 616 g/mol. The van der Waals surface area contributed by atoms with Crippen LogP contribution in [0.4, 0.5) is 15.9 Å². The molecule has 0 spiro atoms. The maximum absolute atomic E-state index is 15.7. The number of carboxylic acid groups (broad SMARTS) is 1. The topological polar surface area (TPSA) is 189 Å². The van der Waals surface area contributed by atoms with E-state index < -0.39 is 23.7 Å². The van der Waals surface area contributed by atoms with E-state index in [9.17, 15) is 14.7 Å². The Kier molecular flexibility index (Phi) is 8.79. The molecule has 5 rings (SSSR count). The summed E-state index contributed by atoms with van der Waals surface area (Å²) in [6.07, 6.45) is 1.33. The van der Waals surface area contributed by atoms with E-state index in [1.807, 2.05) is 30.3 Å². The molecule has 1 aliphatic rings. The van der Waals surface area contributed by atoms with Crippen molar-refractivity contribution < 1.29 is 33.8 Å². The highest BCUT2D eigenvalue weighted by atomic mass is 19.1. The lowest BCUT2D eigenvalue weighted by Gasteiger charge is -2.32. The molecule has 1 atom stereocenters. The number of aromatic carboxylic acids is 1. The summed E-state index contributed by atoms with van der Waals surface area (Å²) in [6.45, 7) is -0.191. The van der Waals surface area contributed by atoms with Gasteiger partial charge in [-0.05, 0) is 35.9 Å². The molecule has 1 unspecified atom stereocenters. The number of halogens is 1. The van der Waals surface area contributed by atoms with Gasteiger partial charge in [0.05, 0.1) is 20.5 Å². The number of carboxylic acids is 1.